The highest BCUT2D eigenvalue weighted by Gasteiger charge is 2.21. The van der Waals surface area contributed by atoms with E-state index >= 15 is 0 Å². The second kappa shape index (κ2) is 7.89. The number of thiophene rings is 1. The molecule has 8 heteroatoms. The van der Waals surface area contributed by atoms with Crippen molar-refractivity contribution in [3.05, 3.63) is 74.5 Å². The van der Waals surface area contributed by atoms with Crippen molar-refractivity contribution < 1.29 is 14.7 Å². The molecule has 0 bridgehead atoms. The van der Waals surface area contributed by atoms with Gasteiger partial charge < -0.3 is 15.4 Å². The Morgan fingerprint density at radius 1 is 1.22 bits per heavy atom. The molecular weight excluding hydrogens is 432 g/mol. The van der Waals surface area contributed by atoms with Gasteiger partial charge in [0, 0.05) is 28.0 Å². The van der Waals surface area contributed by atoms with Gasteiger partial charge in [-0.2, -0.15) is 0 Å². The largest absolute Gasteiger partial charge is 0.478 e. The molecule has 138 valence electrons. The maximum absolute atomic E-state index is 12.5. The van der Waals surface area contributed by atoms with Gasteiger partial charge in [0.15, 0.2) is 0 Å². The number of hydrogen-bond donors (Lipinski definition) is 3. The van der Waals surface area contributed by atoms with Crippen LogP contribution in [0.15, 0.2) is 46.6 Å². The molecule has 0 unspecified atom stereocenters. The number of amides is 1. The number of aromatic carboxylic acids is 1. The van der Waals surface area contributed by atoms with Gasteiger partial charge in [-0.15, -0.1) is 11.3 Å². The summed E-state index contributed by atoms with van der Waals surface area (Å²) in [5, 5.41) is 14.6. The molecule has 0 saturated heterocycles. The Bertz CT molecular complexity index is 1070. The summed E-state index contributed by atoms with van der Waals surface area (Å²) >= 11 is 4.62. The molecule has 0 aliphatic heterocycles. The third-order valence-corrected chi connectivity index (χ3v) is 5.54. The van der Waals surface area contributed by atoms with Gasteiger partial charge in [0.1, 0.15) is 5.56 Å². The molecule has 2 heterocycles. The zero-order valence-electron chi connectivity index (χ0n) is 14.2. The SMILES string of the molecule is Cc1cc(C(=O)Nc2csc(-c3ccc(CBr)cc3)c2C(=O)O)cc(=O)[nH]1. The molecule has 3 rings (SSSR count). The summed E-state index contributed by atoms with van der Waals surface area (Å²) in [7, 11) is 0. The normalized spacial score (nSPS) is 10.6. The number of carboxylic acids is 1. The molecule has 1 amide bonds. The van der Waals surface area contributed by atoms with Crippen molar-refractivity contribution in [2.24, 2.45) is 0 Å². The summed E-state index contributed by atoms with van der Waals surface area (Å²) in [4.78, 5) is 39.0. The molecule has 3 aromatic rings. The molecular formula is C19H15BrN2O4S. The zero-order valence-corrected chi connectivity index (χ0v) is 16.6. The highest BCUT2D eigenvalue weighted by molar-refractivity contribution is 9.08. The Labute approximate surface area is 167 Å². The number of rotatable bonds is 5. The Kier molecular flexibility index (Phi) is 5.57. The number of H-pyrrole nitrogens is 1. The van der Waals surface area contributed by atoms with Crippen LogP contribution in [0.5, 0.6) is 0 Å². The second-order valence-electron chi connectivity index (χ2n) is 5.86. The molecule has 0 atom stereocenters. The van der Waals surface area contributed by atoms with E-state index in [2.05, 4.69) is 26.2 Å². The van der Waals surface area contributed by atoms with Crippen molar-refractivity contribution in [1.29, 1.82) is 0 Å². The maximum atomic E-state index is 12.5. The molecule has 0 spiro atoms. The Hall–Kier alpha value is -2.71. The standard InChI is InChI=1S/C19H15BrN2O4S/c1-10-6-13(7-15(23)21-10)18(24)22-14-9-27-17(16(14)19(25)26)12-4-2-11(8-20)3-5-12/h2-7,9H,8H2,1H3,(H,21,23)(H,22,24)(H,25,26). The molecule has 2 aromatic heterocycles. The fraction of sp³-hybridized carbons (Fsp3) is 0.105. The minimum atomic E-state index is -1.13. The minimum absolute atomic E-state index is 0.0292. The minimum Gasteiger partial charge on any atom is -0.478 e. The molecule has 0 aliphatic carbocycles. The topological polar surface area (TPSA) is 99.3 Å². The number of aromatic amines is 1. The number of carbonyl (C=O) groups excluding carboxylic acids is 1. The number of halogens is 1. The average molecular weight is 447 g/mol. The van der Waals surface area contributed by atoms with Gasteiger partial charge in [0.2, 0.25) is 5.56 Å². The Morgan fingerprint density at radius 3 is 2.52 bits per heavy atom. The van der Waals surface area contributed by atoms with E-state index in [1.54, 1.807) is 12.3 Å². The van der Waals surface area contributed by atoms with Crippen LogP contribution < -0.4 is 10.9 Å². The van der Waals surface area contributed by atoms with E-state index in [1.807, 2.05) is 24.3 Å². The Morgan fingerprint density at radius 2 is 1.93 bits per heavy atom. The van der Waals surface area contributed by atoms with Crippen molar-refractivity contribution >= 4 is 44.8 Å². The van der Waals surface area contributed by atoms with Gasteiger partial charge >= 0.3 is 5.97 Å². The quantitative estimate of drug-likeness (QED) is 0.509. The zero-order chi connectivity index (χ0) is 19.6. The number of nitrogens with one attached hydrogen (secondary N) is 2. The number of aromatic nitrogens is 1. The molecule has 1 aromatic carbocycles. The number of aryl methyl sites for hydroxylation is 1. The molecule has 27 heavy (non-hydrogen) atoms. The van der Waals surface area contributed by atoms with Gasteiger partial charge in [-0.3, -0.25) is 9.59 Å². The number of anilines is 1. The summed E-state index contributed by atoms with van der Waals surface area (Å²) in [6, 6.07) is 10.2. The van der Waals surface area contributed by atoms with E-state index in [4.69, 9.17) is 0 Å². The molecule has 6 nitrogen and oxygen atoms in total. The van der Waals surface area contributed by atoms with Crippen LogP contribution >= 0.6 is 27.3 Å². The van der Waals surface area contributed by atoms with Crippen LogP contribution in [0.2, 0.25) is 0 Å². The van der Waals surface area contributed by atoms with E-state index in [9.17, 15) is 19.5 Å². The van der Waals surface area contributed by atoms with Crippen molar-refractivity contribution in [2.75, 3.05) is 5.32 Å². The van der Waals surface area contributed by atoms with Gasteiger partial charge in [0.05, 0.1) is 10.6 Å². The van der Waals surface area contributed by atoms with E-state index in [-0.39, 0.29) is 16.8 Å². The van der Waals surface area contributed by atoms with Crippen LogP contribution in [0.1, 0.15) is 32.0 Å². The van der Waals surface area contributed by atoms with Crippen LogP contribution in [0.25, 0.3) is 10.4 Å². The predicted molar refractivity (Wildman–Crippen MR) is 109 cm³/mol. The van der Waals surface area contributed by atoms with E-state index in [0.29, 0.717) is 15.9 Å². The van der Waals surface area contributed by atoms with Crippen molar-refractivity contribution in [3.63, 3.8) is 0 Å². The van der Waals surface area contributed by atoms with Crippen LogP contribution in [0, 0.1) is 6.92 Å². The first-order valence-corrected chi connectivity index (χ1v) is 9.91. The van der Waals surface area contributed by atoms with E-state index in [0.717, 1.165) is 11.1 Å². The van der Waals surface area contributed by atoms with Crippen molar-refractivity contribution in [3.8, 4) is 10.4 Å². The Balaban J connectivity index is 1.96. The monoisotopic (exact) mass is 446 g/mol. The highest BCUT2D eigenvalue weighted by Crippen LogP contribution is 2.36. The molecule has 0 aliphatic rings. The van der Waals surface area contributed by atoms with Crippen LogP contribution in [0.4, 0.5) is 5.69 Å². The number of carbonyl (C=O) groups is 2. The van der Waals surface area contributed by atoms with Crippen molar-refractivity contribution in [1.82, 2.24) is 4.98 Å². The smallest absolute Gasteiger partial charge is 0.339 e. The second-order valence-corrected chi connectivity index (χ2v) is 7.30. The number of carboxylic acid groups (broad SMARTS) is 1. The molecule has 0 fully saturated rings. The first kappa shape index (κ1) is 19.1. The average Bonchev–Trinajstić information content (AvgIpc) is 3.04. The summed E-state index contributed by atoms with van der Waals surface area (Å²) in [6.07, 6.45) is 0. The van der Waals surface area contributed by atoms with Gasteiger partial charge in [0.25, 0.3) is 5.91 Å². The lowest BCUT2D eigenvalue weighted by atomic mass is 10.1. The van der Waals surface area contributed by atoms with Crippen LogP contribution in [-0.2, 0) is 5.33 Å². The summed E-state index contributed by atoms with van der Waals surface area (Å²) in [5.74, 6) is -1.67. The first-order chi connectivity index (χ1) is 12.9. The summed E-state index contributed by atoms with van der Waals surface area (Å²) < 4.78 is 0. The number of hydrogen-bond acceptors (Lipinski definition) is 4. The van der Waals surface area contributed by atoms with E-state index < -0.39 is 17.4 Å². The highest BCUT2D eigenvalue weighted by atomic mass is 79.9. The lowest BCUT2D eigenvalue weighted by Gasteiger charge is -2.07. The summed E-state index contributed by atoms with van der Waals surface area (Å²) in [6.45, 7) is 1.67. The third kappa shape index (κ3) is 4.17. The van der Waals surface area contributed by atoms with Gasteiger partial charge in [-0.1, -0.05) is 40.2 Å². The lowest BCUT2D eigenvalue weighted by Crippen LogP contribution is -2.17. The number of alkyl halides is 1. The molecule has 3 N–H and O–H groups in total. The lowest BCUT2D eigenvalue weighted by molar-refractivity contribution is 0.0699. The van der Waals surface area contributed by atoms with Crippen LogP contribution in [0.3, 0.4) is 0 Å². The van der Waals surface area contributed by atoms with Gasteiger partial charge in [-0.05, 0) is 24.1 Å². The maximum Gasteiger partial charge on any atom is 0.339 e. The van der Waals surface area contributed by atoms with E-state index in [1.165, 1.54) is 23.5 Å². The van der Waals surface area contributed by atoms with Crippen LogP contribution in [-0.4, -0.2) is 22.0 Å². The fourth-order valence-corrected chi connectivity index (χ4v) is 4.00. The number of benzene rings is 1. The third-order valence-electron chi connectivity index (χ3n) is 3.86. The van der Waals surface area contributed by atoms with Gasteiger partial charge in [-0.25, -0.2) is 4.79 Å². The summed E-state index contributed by atoms with van der Waals surface area (Å²) in [5.41, 5.74) is 2.39. The number of pyridine rings is 1. The first-order valence-electron chi connectivity index (χ1n) is 7.91. The molecule has 0 saturated carbocycles. The fourth-order valence-electron chi connectivity index (χ4n) is 2.63. The van der Waals surface area contributed by atoms with Crippen molar-refractivity contribution in [2.45, 2.75) is 12.3 Å². The molecule has 0 radical (unpaired) electrons. The predicted octanol–water partition coefficient (Wildman–Crippen LogP) is 4.26.